The van der Waals surface area contributed by atoms with Crippen molar-refractivity contribution >= 4 is 18.1 Å². The van der Waals surface area contributed by atoms with Gasteiger partial charge in [-0.1, -0.05) is 29.8 Å². The summed E-state index contributed by atoms with van der Waals surface area (Å²) in [4.78, 5) is 0. The van der Waals surface area contributed by atoms with E-state index in [1.54, 1.807) is 6.20 Å². The SMILES string of the molecule is Cc1cccc(Cn2cc(N)cn2)c1.Cl. The highest BCUT2D eigenvalue weighted by Gasteiger charge is 1.96. The minimum Gasteiger partial charge on any atom is -0.396 e. The van der Waals surface area contributed by atoms with E-state index in [1.807, 2.05) is 10.9 Å². The molecule has 0 aliphatic carbocycles. The average Bonchev–Trinajstić information content (AvgIpc) is 2.51. The summed E-state index contributed by atoms with van der Waals surface area (Å²) in [6.45, 7) is 2.86. The number of benzene rings is 1. The van der Waals surface area contributed by atoms with E-state index in [0.29, 0.717) is 5.69 Å². The summed E-state index contributed by atoms with van der Waals surface area (Å²) in [7, 11) is 0. The highest BCUT2D eigenvalue weighted by Crippen LogP contribution is 2.07. The molecular weight excluding hydrogens is 210 g/mol. The van der Waals surface area contributed by atoms with E-state index >= 15 is 0 Å². The quantitative estimate of drug-likeness (QED) is 0.849. The van der Waals surface area contributed by atoms with Crippen LogP contribution >= 0.6 is 12.4 Å². The van der Waals surface area contributed by atoms with E-state index in [9.17, 15) is 0 Å². The Morgan fingerprint density at radius 1 is 1.40 bits per heavy atom. The highest BCUT2D eigenvalue weighted by molar-refractivity contribution is 5.85. The van der Waals surface area contributed by atoms with Gasteiger partial charge in [0.25, 0.3) is 0 Å². The Morgan fingerprint density at radius 3 is 2.80 bits per heavy atom. The summed E-state index contributed by atoms with van der Waals surface area (Å²) in [5.41, 5.74) is 8.79. The molecule has 0 aliphatic heterocycles. The van der Waals surface area contributed by atoms with Crippen LogP contribution in [0.3, 0.4) is 0 Å². The molecular formula is C11H14ClN3. The maximum Gasteiger partial charge on any atom is 0.0719 e. The van der Waals surface area contributed by atoms with Gasteiger partial charge in [0.1, 0.15) is 0 Å². The van der Waals surface area contributed by atoms with Gasteiger partial charge in [0.05, 0.1) is 18.4 Å². The molecule has 0 saturated carbocycles. The number of nitrogen functional groups attached to an aromatic ring is 1. The van der Waals surface area contributed by atoms with Gasteiger partial charge in [-0.3, -0.25) is 4.68 Å². The molecule has 15 heavy (non-hydrogen) atoms. The first-order valence-electron chi connectivity index (χ1n) is 4.57. The topological polar surface area (TPSA) is 43.8 Å². The van der Waals surface area contributed by atoms with E-state index in [2.05, 4.69) is 36.3 Å². The van der Waals surface area contributed by atoms with Crippen LogP contribution < -0.4 is 5.73 Å². The first kappa shape index (κ1) is 11.6. The zero-order chi connectivity index (χ0) is 9.97. The molecule has 0 unspecified atom stereocenters. The standard InChI is InChI=1S/C11H13N3.ClH/c1-9-3-2-4-10(5-9)7-14-8-11(12)6-13-14;/h2-6,8H,7,12H2,1H3;1H. The van der Waals surface area contributed by atoms with Crippen LogP contribution in [-0.2, 0) is 6.54 Å². The van der Waals surface area contributed by atoms with Crippen LogP contribution in [-0.4, -0.2) is 9.78 Å². The molecule has 4 heteroatoms. The van der Waals surface area contributed by atoms with Crippen molar-refractivity contribution in [3.63, 3.8) is 0 Å². The lowest BCUT2D eigenvalue weighted by molar-refractivity contribution is 0.687. The van der Waals surface area contributed by atoms with E-state index < -0.39 is 0 Å². The van der Waals surface area contributed by atoms with Crippen molar-refractivity contribution in [2.75, 3.05) is 5.73 Å². The van der Waals surface area contributed by atoms with Crippen LogP contribution in [0.1, 0.15) is 11.1 Å². The molecule has 0 saturated heterocycles. The summed E-state index contributed by atoms with van der Waals surface area (Å²) >= 11 is 0. The van der Waals surface area contributed by atoms with Gasteiger partial charge in [-0.25, -0.2) is 0 Å². The number of anilines is 1. The average molecular weight is 224 g/mol. The van der Waals surface area contributed by atoms with Crippen LogP contribution in [0.4, 0.5) is 5.69 Å². The minimum absolute atomic E-state index is 0. The van der Waals surface area contributed by atoms with Crippen LogP contribution in [0.15, 0.2) is 36.7 Å². The molecule has 0 radical (unpaired) electrons. The monoisotopic (exact) mass is 223 g/mol. The molecule has 1 heterocycles. The van der Waals surface area contributed by atoms with Gasteiger partial charge < -0.3 is 5.73 Å². The zero-order valence-corrected chi connectivity index (χ0v) is 9.37. The Labute approximate surface area is 95.3 Å². The highest BCUT2D eigenvalue weighted by atomic mass is 35.5. The lowest BCUT2D eigenvalue weighted by Crippen LogP contribution is -1.99. The maximum atomic E-state index is 5.58. The van der Waals surface area contributed by atoms with E-state index in [0.717, 1.165) is 6.54 Å². The largest absolute Gasteiger partial charge is 0.396 e. The van der Waals surface area contributed by atoms with Gasteiger partial charge in [-0.15, -0.1) is 12.4 Å². The molecule has 0 aliphatic rings. The third-order valence-electron chi connectivity index (χ3n) is 2.08. The molecule has 2 aromatic rings. The molecule has 0 atom stereocenters. The number of aromatic nitrogens is 2. The normalized spacial score (nSPS) is 9.67. The maximum absolute atomic E-state index is 5.58. The third kappa shape index (κ3) is 2.99. The number of nitrogens with zero attached hydrogens (tertiary/aromatic N) is 2. The summed E-state index contributed by atoms with van der Waals surface area (Å²) in [5, 5.41) is 4.13. The molecule has 1 aromatic carbocycles. The van der Waals surface area contributed by atoms with Crippen molar-refractivity contribution in [2.45, 2.75) is 13.5 Å². The van der Waals surface area contributed by atoms with Gasteiger partial charge in [-0.2, -0.15) is 5.10 Å². The lowest BCUT2D eigenvalue weighted by Gasteiger charge is -2.02. The van der Waals surface area contributed by atoms with Crippen LogP contribution in [0, 0.1) is 6.92 Å². The second kappa shape index (κ2) is 4.84. The first-order valence-corrected chi connectivity index (χ1v) is 4.57. The Balaban J connectivity index is 0.00000112. The lowest BCUT2D eigenvalue weighted by atomic mass is 10.1. The number of halogens is 1. The molecule has 1 aromatic heterocycles. The van der Waals surface area contributed by atoms with Crippen molar-refractivity contribution in [3.8, 4) is 0 Å². The number of aryl methyl sites for hydroxylation is 1. The van der Waals surface area contributed by atoms with Gasteiger partial charge in [0.15, 0.2) is 0 Å². The second-order valence-corrected chi connectivity index (χ2v) is 3.46. The summed E-state index contributed by atoms with van der Waals surface area (Å²) in [5.74, 6) is 0. The Kier molecular flexibility index (Phi) is 3.74. The molecule has 0 fully saturated rings. The predicted molar refractivity (Wildman–Crippen MR) is 64.2 cm³/mol. The van der Waals surface area contributed by atoms with E-state index in [4.69, 9.17) is 5.73 Å². The molecule has 2 N–H and O–H groups in total. The van der Waals surface area contributed by atoms with Crippen molar-refractivity contribution in [2.24, 2.45) is 0 Å². The number of hydrogen-bond acceptors (Lipinski definition) is 2. The Bertz CT molecular complexity index is 437. The van der Waals surface area contributed by atoms with Crippen molar-refractivity contribution in [1.82, 2.24) is 9.78 Å². The molecule has 0 spiro atoms. The zero-order valence-electron chi connectivity index (χ0n) is 8.55. The van der Waals surface area contributed by atoms with E-state index in [-0.39, 0.29) is 12.4 Å². The number of hydrogen-bond donors (Lipinski definition) is 1. The van der Waals surface area contributed by atoms with Crippen LogP contribution in [0.2, 0.25) is 0 Å². The summed E-state index contributed by atoms with van der Waals surface area (Å²) in [6, 6.07) is 8.38. The smallest absolute Gasteiger partial charge is 0.0719 e. The molecule has 0 bridgehead atoms. The summed E-state index contributed by atoms with van der Waals surface area (Å²) in [6.07, 6.45) is 3.50. The van der Waals surface area contributed by atoms with Crippen molar-refractivity contribution in [1.29, 1.82) is 0 Å². The van der Waals surface area contributed by atoms with Gasteiger partial charge in [-0.05, 0) is 12.5 Å². The first-order chi connectivity index (χ1) is 6.74. The van der Waals surface area contributed by atoms with E-state index in [1.165, 1.54) is 11.1 Å². The minimum atomic E-state index is 0. The molecule has 0 amide bonds. The fourth-order valence-electron chi connectivity index (χ4n) is 1.46. The van der Waals surface area contributed by atoms with Crippen molar-refractivity contribution < 1.29 is 0 Å². The Morgan fingerprint density at radius 2 is 2.20 bits per heavy atom. The fourth-order valence-corrected chi connectivity index (χ4v) is 1.46. The predicted octanol–water partition coefficient (Wildman–Crippen LogP) is 2.24. The van der Waals surface area contributed by atoms with Crippen LogP contribution in [0.5, 0.6) is 0 Å². The van der Waals surface area contributed by atoms with Crippen LogP contribution in [0.25, 0.3) is 0 Å². The molecule has 3 nitrogen and oxygen atoms in total. The molecule has 2 rings (SSSR count). The van der Waals surface area contributed by atoms with Gasteiger partial charge in [0, 0.05) is 6.20 Å². The number of rotatable bonds is 2. The fraction of sp³-hybridized carbons (Fsp3) is 0.182. The van der Waals surface area contributed by atoms with Gasteiger partial charge in [0.2, 0.25) is 0 Å². The van der Waals surface area contributed by atoms with Crippen molar-refractivity contribution in [3.05, 3.63) is 47.8 Å². The number of nitrogens with two attached hydrogens (primary N) is 1. The Hall–Kier alpha value is -1.48. The van der Waals surface area contributed by atoms with Gasteiger partial charge >= 0.3 is 0 Å². The third-order valence-corrected chi connectivity index (χ3v) is 2.08. The summed E-state index contributed by atoms with van der Waals surface area (Å²) < 4.78 is 1.84. The second-order valence-electron chi connectivity index (χ2n) is 3.46. The molecule has 80 valence electrons.